The molecule has 1 N–H and O–H groups in total. The van der Waals surface area contributed by atoms with E-state index in [1.807, 2.05) is 12.1 Å². The van der Waals surface area contributed by atoms with Crippen molar-refractivity contribution in [3.05, 3.63) is 65.8 Å². The van der Waals surface area contributed by atoms with Gasteiger partial charge in [0.2, 0.25) is 6.10 Å². The van der Waals surface area contributed by atoms with E-state index in [-0.39, 0.29) is 24.1 Å². The number of para-hydroxylation sites is 2. The van der Waals surface area contributed by atoms with E-state index >= 15 is 0 Å². The Morgan fingerprint density at radius 3 is 2.80 bits per heavy atom. The molecule has 0 bridgehead atoms. The number of fused-ring (bicyclic) bond motifs is 1. The van der Waals surface area contributed by atoms with Crippen LogP contribution in [-0.4, -0.2) is 22.7 Å². The van der Waals surface area contributed by atoms with E-state index in [1.54, 1.807) is 12.1 Å². The molecule has 3 aromatic rings. The molecule has 0 radical (unpaired) electrons. The molecule has 2 aromatic carbocycles. The second-order valence-electron chi connectivity index (χ2n) is 5.27. The van der Waals surface area contributed by atoms with Crippen LogP contribution in [0.25, 0.3) is 0 Å². The summed E-state index contributed by atoms with van der Waals surface area (Å²) in [7, 11) is 0. The minimum atomic E-state index is -0.581. The van der Waals surface area contributed by atoms with Gasteiger partial charge in [0.25, 0.3) is 11.8 Å². The highest BCUT2D eigenvalue weighted by molar-refractivity contribution is 6.03. The molecule has 2 heterocycles. The summed E-state index contributed by atoms with van der Waals surface area (Å²) >= 11 is 0. The highest BCUT2D eigenvalue weighted by Gasteiger charge is 2.27. The van der Waals surface area contributed by atoms with E-state index in [1.165, 1.54) is 18.2 Å². The molecule has 1 aliphatic rings. The topological polar surface area (TPSA) is 86.5 Å². The summed E-state index contributed by atoms with van der Waals surface area (Å²) in [5.74, 6) is 0.315. The third kappa shape index (κ3) is 3.14. The lowest BCUT2D eigenvalue weighted by Gasteiger charge is -2.23. The summed E-state index contributed by atoms with van der Waals surface area (Å²) in [5.41, 5.74) is 0.144. The summed E-state index contributed by atoms with van der Waals surface area (Å²) in [4.78, 5) is 12.1. The lowest BCUT2D eigenvalue weighted by Crippen LogP contribution is -2.21. The van der Waals surface area contributed by atoms with Gasteiger partial charge in [0.1, 0.15) is 12.4 Å². The van der Waals surface area contributed by atoms with Crippen molar-refractivity contribution in [3.63, 3.8) is 0 Å². The Kier molecular flexibility index (Phi) is 3.77. The van der Waals surface area contributed by atoms with Crippen molar-refractivity contribution in [2.24, 2.45) is 0 Å². The van der Waals surface area contributed by atoms with Gasteiger partial charge in [-0.25, -0.2) is 4.39 Å². The Morgan fingerprint density at radius 2 is 1.96 bits per heavy atom. The maximum absolute atomic E-state index is 13.2. The van der Waals surface area contributed by atoms with Gasteiger partial charge in [-0.2, -0.15) is 0 Å². The van der Waals surface area contributed by atoms with Crippen LogP contribution in [0.15, 0.2) is 52.9 Å². The summed E-state index contributed by atoms with van der Waals surface area (Å²) in [6, 6.07) is 12.4. The minimum Gasteiger partial charge on any atom is -0.485 e. The third-order valence-corrected chi connectivity index (χ3v) is 3.53. The zero-order chi connectivity index (χ0) is 17.2. The SMILES string of the molecule is O=C(Nc1nnc([C@H]2COc3ccccc3O2)o1)c1cccc(F)c1. The van der Waals surface area contributed by atoms with Gasteiger partial charge in [-0.15, -0.1) is 5.10 Å². The molecule has 1 aliphatic heterocycles. The van der Waals surface area contributed by atoms with Crippen LogP contribution in [0.2, 0.25) is 0 Å². The van der Waals surface area contributed by atoms with Crippen molar-refractivity contribution in [1.29, 1.82) is 0 Å². The molecule has 0 spiro atoms. The van der Waals surface area contributed by atoms with E-state index in [2.05, 4.69) is 15.5 Å². The van der Waals surface area contributed by atoms with E-state index in [4.69, 9.17) is 13.9 Å². The van der Waals surface area contributed by atoms with E-state index in [9.17, 15) is 9.18 Å². The fourth-order valence-electron chi connectivity index (χ4n) is 2.36. The highest BCUT2D eigenvalue weighted by Crippen LogP contribution is 2.35. The minimum absolute atomic E-state index is 0.105. The Balaban J connectivity index is 1.47. The quantitative estimate of drug-likeness (QED) is 0.788. The lowest BCUT2D eigenvalue weighted by molar-refractivity contribution is 0.0716. The second-order valence-corrected chi connectivity index (χ2v) is 5.27. The monoisotopic (exact) mass is 341 g/mol. The van der Waals surface area contributed by atoms with Crippen molar-refractivity contribution in [3.8, 4) is 11.5 Å². The number of rotatable bonds is 3. The molecular weight excluding hydrogens is 329 g/mol. The molecule has 0 saturated heterocycles. The molecule has 1 atom stereocenters. The zero-order valence-electron chi connectivity index (χ0n) is 12.8. The van der Waals surface area contributed by atoms with Gasteiger partial charge in [-0.1, -0.05) is 23.3 Å². The van der Waals surface area contributed by atoms with Crippen LogP contribution in [0.4, 0.5) is 10.4 Å². The first-order valence-corrected chi connectivity index (χ1v) is 7.48. The Hall–Kier alpha value is -3.42. The number of aromatic nitrogens is 2. The fraction of sp³-hybridized carbons (Fsp3) is 0.118. The van der Waals surface area contributed by atoms with Gasteiger partial charge in [0.15, 0.2) is 11.5 Å². The number of ether oxygens (including phenoxy) is 2. The first-order chi connectivity index (χ1) is 12.2. The normalized spacial score (nSPS) is 15.6. The molecule has 1 amide bonds. The molecule has 25 heavy (non-hydrogen) atoms. The number of carbonyl (C=O) groups excluding carboxylic acids is 1. The number of hydrogen-bond donors (Lipinski definition) is 1. The average Bonchev–Trinajstić information content (AvgIpc) is 3.10. The molecule has 0 aliphatic carbocycles. The molecule has 126 valence electrons. The van der Waals surface area contributed by atoms with Crippen LogP contribution in [-0.2, 0) is 0 Å². The summed E-state index contributed by atoms with van der Waals surface area (Å²) in [6.45, 7) is 0.205. The van der Waals surface area contributed by atoms with Crippen molar-refractivity contribution in [2.75, 3.05) is 11.9 Å². The number of benzene rings is 2. The number of hydrogen-bond acceptors (Lipinski definition) is 6. The zero-order valence-corrected chi connectivity index (χ0v) is 12.8. The van der Waals surface area contributed by atoms with E-state index in [0.29, 0.717) is 11.5 Å². The van der Waals surface area contributed by atoms with Crippen molar-refractivity contribution in [1.82, 2.24) is 10.2 Å². The van der Waals surface area contributed by atoms with Crippen LogP contribution in [0.5, 0.6) is 11.5 Å². The first kappa shape index (κ1) is 15.1. The number of nitrogens with zero attached hydrogens (tertiary/aromatic N) is 2. The molecule has 4 rings (SSSR count). The second kappa shape index (κ2) is 6.23. The summed E-state index contributed by atoms with van der Waals surface area (Å²) in [5, 5.41) is 10.0. The molecule has 0 fully saturated rings. The maximum Gasteiger partial charge on any atom is 0.322 e. The lowest BCUT2D eigenvalue weighted by atomic mass is 10.2. The third-order valence-electron chi connectivity index (χ3n) is 3.53. The molecule has 8 heteroatoms. The summed E-state index contributed by atoms with van der Waals surface area (Å²) < 4.78 is 29.9. The molecule has 0 saturated carbocycles. The average molecular weight is 341 g/mol. The predicted octanol–water partition coefficient (Wildman–Crippen LogP) is 2.97. The standard InChI is InChI=1S/C17H12FN3O4/c18-11-5-3-4-10(8-11)15(22)19-17-21-20-16(25-17)14-9-23-12-6-1-2-7-13(12)24-14/h1-8,14H,9H2,(H,19,21,22)/t14-/m1/s1. The van der Waals surface area contributed by atoms with Gasteiger partial charge in [-0.3, -0.25) is 10.1 Å². The van der Waals surface area contributed by atoms with Crippen LogP contribution >= 0.6 is 0 Å². The Bertz CT molecular complexity index is 928. The van der Waals surface area contributed by atoms with E-state index < -0.39 is 17.8 Å². The Labute approximate surface area is 141 Å². The number of halogens is 1. The van der Waals surface area contributed by atoms with Gasteiger partial charge >= 0.3 is 6.01 Å². The van der Waals surface area contributed by atoms with Crippen LogP contribution in [0.1, 0.15) is 22.4 Å². The number of carbonyl (C=O) groups is 1. The smallest absolute Gasteiger partial charge is 0.322 e. The van der Waals surface area contributed by atoms with Gasteiger partial charge < -0.3 is 13.9 Å². The van der Waals surface area contributed by atoms with Crippen LogP contribution in [0, 0.1) is 5.82 Å². The molecular formula is C17H12FN3O4. The number of nitrogens with one attached hydrogen (secondary N) is 1. The largest absolute Gasteiger partial charge is 0.485 e. The first-order valence-electron chi connectivity index (χ1n) is 7.48. The van der Waals surface area contributed by atoms with Crippen LogP contribution < -0.4 is 14.8 Å². The van der Waals surface area contributed by atoms with Crippen molar-refractivity contribution in [2.45, 2.75) is 6.10 Å². The highest BCUT2D eigenvalue weighted by atomic mass is 19.1. The van der Waals surface area contributed by atoms with Crippen molar-refractivity contribution >= 4 is 11.9 Å². The molecule has 0 unspecified atom stereocenters. The maximum atomic E-state index is 13.2. The van der Waals surface area contributed by atoms with E-state index in [0.717, 1.165) is 6.07 Å². The number of amides is 1. The fourth-order valence-corrected chi connectivity index (χ4v) is 2.36. The van der Waals surface area contributed by atoms with Crippen molar-refractivity contribution < 1.29 is 23.1 Å². The van der Waals surface area contributed by atoms with Gasteiger partial charge in [-0.05, 0) is 30.3 Å². The number of anilines is 1. The van der Waals surface area contributed by atoms with Gasteiger partial charge in [0.05, 0.1) is 0 Å². The van der Waals surface area contributed by atoms with Crippen LogP contribution in [0.3, 0.4) is 0 Å². The summed E-state index contributed by atoms with van der Waals surface area (Å²) in [6.07, 6.45) is -0.581. The molecule has 7 nitrogen and oxygen atoms in total. The predicted molar refractivity (Wildman–Crippen MR) is 84.0 cm³/mol. The Morgan fingerprint density at radius 1 is 1.12 bits per heavy atom. The molecule has 1 aromatic heterocycles. The van der Waals surface area contributed by atoms with Gasteiger partial charge in [0, 0.05) is 5.56 Å².